The van der Waals surface area contributed by atoms with Gasteiger partial charge in [-0.3, -0.25) is 0 Å². The summed E-state index contributed by atoms with van der Waals surface area (Å²) in [6.07, 6.45) is 4.79. The first kappa shape index (κ1) is 15.6. The van der Waals surface area contributed by atoms with E-state index in [1.807, 2.05) is 11.8 Å². The fourth-order valence-corrected chi connectivity index (χ4v) is 1.91. The first-order valence-corrected chi connectivity index (χ1v) is 5.73. The minimum atomic E-state index is -0.249. The van der Waals surface area contributed by atoms with Crippen LogP contribution in [-0.2, 0) is 32.7 Å². The van der Waals surface area contributed by atoms with Crippen molar-refractivity contribution in [1.29, 1.82) is 0 Å². The Hall–Kier alpha value is -0.436. The Morgan fingerprint density at radius 3 is 2.50 bits per heavy atom. The van der Waals surface area contributed by atoms with Crippen molar-refractivity contribution in [2.24, 2.45) is 0 Å². The largest absolute Gasteiger partial charge is 0.374 e. The van der Waals surface area contributed by atoms with Crippen molar-refractivity contribution < 1.29 is 37.1 Å². The number of nitrogens with zero attached hydrogens (tertiary/aromatic N) is 1. The summed E-state index contributed by atoms with van der Waals surface area (Å²) in [6, 6.07) is 6.31. The van der Waals surface area contributed by atoms with Crippen LogP contribution in [0.4, 0.5) is 4.39 Å². The van der Waals surface area contributed by atoms with Crippen molar-refractivity contribution in [1.82, 2.24) is 4.90 Å². The quantitative estimate of drug-likeness (QED) is 0.739. The van der Waals surface area contributed by atoms with Gasteiger partial charge in [0.1, 0.15) is 5.82 Å². The molecule has 0 spiro atoms. The molecule has 4 heteroatoms. The molecule has 0 atom stereocenters. The van der Waals surface area contributed by atoms with Crippen LogP contribution in [0.1, 0.15) is 12.5 Å². The van der Waals surface area contributed by atoms with Crippen molar-refractivity contribution in [2.75, 3.05) is 6.54 Å². The number of halogens is 2. The molecule has 1 aromatic rings. The average molecular weight is 338 g/mol. The van der Waals surface area contributed by atoms with E-state index in [-0.39, 0.29) is 38.5 Å². The summed E-state index contributed by atoms with van der Waals surface area (Å²) in [7, 11) is 0. The first-order valence-electron chi connectivity index (χ1n) is 5.35. The van der Waals surface area contributed by atoms with Gasteiger partial charge in [0.05, 0.1) is 0 Å². The maximum Gasteiger partial charge on any atom is 0.121 e. The topological polar surface area (TPSA) is 3.24 Å². The molecule has 2 rings (SSSR count). The molecule has 1 aliphatic rings. The zero-order chi connectivity index (χ0) is 12.4. The summed E-state index contributed by atoms with van der Waals surface area (Å²) < 4.78 is 12.9. The average Bonchev–Trinajstić information content (AvgIpc) is 2.34. The number of likely N-dealkylation sites (N-methyl/N-ethyl adjacent to an activating group) is 1. The molecule has 0 aromatic heterocycles. The second-order valence-corrected chi connectivity index (χ2v) is 4.09. The molecule has 1 aliphatic heterocycles. The number of hydrogen-bond donors (Lipinski definition) is 0. The van der Waals surface area contributed by atoms with E-state index in [2.05, 4.69) is 12.7 Å². The van der Waals surface area contributed by atoms with Crippen LogP contribution in [0.3, 0.4) is 0 Å². The van der Waals surface area contributed by atoms with E-state index < -0.39 is 0 Å². The molecule has 1 aromatic carbocycles. The fraction of sp³-hybridized carbons (Fsp3) is 0.143. The standard InChI is InChI=1S/C14H12ClFN.Y/c1-3-17-10(2)13(15)8-9-14(17)11-4-6-12(16)7-5-11;/h4-8H,2-3H2,1H3;/q-1;. The smallest absolute Gasteiger partial charge is 0.121 e. The zero-order valence-electron chi connectivity index (χ0n) is 10.1. The van der Waals surface area contributed by atoms with Gasteiger partial charge in [-0.2, -0.15) is 23.8 Å². The summed E-state index contributed by atoms with van der Waals surface area (Å²) in [5, 5.41) is 0.581. The molecule has 0 unspecified atom stereocenters. The van der Waals surface area contributed by atoms with Gasteiger partial charge in [0.15, 0.2) is 0 Å². The Balaban J connectivity index is 0.00000162. The summed E-state index contributed by atoms with van der Waals surface area (Å²) in [6.45, 7) is 6.68. The number of allylic oxidation sites excluding steroid dienone is 3. The van der Waals surface area contributed by atoms with Crippen molar-refractivity contribution in [3.05, 3.63) is 65.1 Å². The molecule has 0 saturated heterocycles. The minimum Gasteiger partial charge on any atom is -0.374 e. The predicted octanol–water partition coefficient (Wildman–Crippen LogP) is 3.94. The third-order valence-electron chi connectivity index (χ3n) is 2.64. The summed E-state index contributed by atoms with van der Waals surface area (Å²) in [5.41, 5.74) is 2.50. The molecule has 0 N–H and O–H groups in total. The van der Waals surface area contributed by atoms with E-state index in [4.69, 9.17) is 11.6 Å². The van der Waals surface area contributed by atoms with E-state index >= 15 is 0 Å². The van der Waals surface area contributed by atoms with Crippen LogP contribution in [0.5, 0.6) is 0 Å². The second-order valence-electron chi connectivity index (χ2n) is 3.68. The van der Waals surface area contributed by atoms with Crippen LogP contribution < -0.4 is 0 Å². The van der Waals surface area contributed by atoms with E-state index in [1.165, 1.54) is 12.1 Å². The SMILES string of the molecule is C=C1C(Cl)=C[C-]=C(c2ccc(F)cc2)N1CC.[Y]. The summed E-state index contributed by atoms with van der Waals surface area (Å²) in [5.74, 6) is -0.249. The number of benzene rings is 1. The van der Waals surface area contributed by atoms with Crippen LogP contribution in [0.25, 0.3) is 5.70 Å². The third kappa shape index (κ3) is 3.11. The molecule has 0 fully saturated rings. The first-order chi connectivity index (χ1) is 8.13. The Morgan fingerprint density at radius 2 is 1.94 bits per heavy atom. The van der Waals surface area contributed by atoms with Crippen molar-refractivity contribution in [2.45, 2.75) is 6.92 Å². The molecule has 1 heterocycles. The van der Waals surface area contributed by atoms with Gasteiger partial charge in [-0.25, -0.2) is 4.39 Å². The summed E-state index contributed by atoms with van der Waals surface area (Å²) >= 11 is 6.00. The molecular weight excluding hydrogens is 326 g/mol. The van der Waals surface area contributed by atoms with Crippen LogP contribution in [0, 0.1) is 11.9 Å². The third-order valence-corrected chi connectivity index (χ3v) is 2.97. The van der Waals surface area contributed by atoms with Gasteiger partial charge < -0.3 is 4.90 Å². The van der Waals surface area contributed by atoms with Crippen LogP contribution in [0.2, 0.25) is 0 Å². The molecule has 0 amide bonds. The molecule has 18 heavy (non-hydrogen) atoms. The van der Waals surface area contributed by atoms with Gasteiger partial charge in [0, 0.05) is 39.3 Å². The second kappa shape index (κ2) is 6.65. The van der Waals surface area contributed by atoms with Gasteiger partial charge in [-0.05, 0) is 29.8 Å². The predicted molar refractivity (Wildman–Crippen MR) is 68.5 cm³/mol. The van der Waals surface area contributed by atoms with E-state index in [9.17, 15) is 4.39 Å². The Morgan fingerprint density at radius 1 is 1.33 bits per heavy atom. The van der Waals surface area contributed by atoms with Gasteiger partial charge in [-0.15, -0.1) is 12.1 Å². The number of hydrogen-bond acceptors (Lipinski definition) is 1. The van der Waals surface area contributed by atoms with E-state index in [1.54, 1.807) is 18.2 Å². The van der Waals surface area contributed by atoms with Gasteiger partial charge in [-0.1, -0.05) is 17.8 Å². The number of rotatable bonds is 2. The van der Waals surface area contributed by atoms with Gasteiger partial charge >= 0.3 is 0 Å². The van der Waals surface area contributed by atoms with Gasteiger partial charge in [0.2, 0.25) is 0 Å². The molecule has 0 bridgehead atoms. The van der Waals surface area contributed by atoms with Gasteiger partial charge in [0.25, 0.3) is 0 Å². The maximum absolute atomic E-state index is 12.9. The molecule has 0 aliphatic carbocycles. The van der Waals surface area contributed by atoms with Crippen molar-refractivity contribution >= 4 is 17.3 Å². The monoisotopic (exact) mass is 337 g/mol. The van der Waals surface area contributed by atoms with Crippen LogP contribution in [-0.4, -0.2) is 11.4 Å². The van der Waals surface area contributed by atoms with E-state index in [0.29, 0.717) is 5.03 Å². The minimum absolute atomic E-state index is 0. The van der Waals surface area contributed by atoms with Crippen LogP contribution in [0.15, 0.2) is 47.6 Å². The van der Waals surface area contributed by atoms with Crippen molar-refractivity contribution in [3.63, 3.8) is 0 Å². The van der Waals surface area contributed by atoms with Crippen molar-refractivity contribution in [3.8, 4) is 0 Å². The fourth-order valence-electron chi connectivity index (χ4n) is 1.75. The maximum atomic E-state index is 12.9. The Labute approximate surface area is 137 Å². The van der Waals surface area contributed by atoms with Crippen LogP contribution >= 0.6 is 11.6 Å². The normalized spacial score (nSPS) is 14.8. The molecule has 1 radical (unpaired) electrons. The Kier molecular flexibility index (Phi) is 5.77. The van der Waals surface area contributed by atoms with E-state index in [0.717, 1.165) is 23.5 Å². The zero-order valence-corrected chi connectivity index (χ0v) is 13.7. The molecule has 1 nitrogen and oxygen atoms in total. The summed E-state index contributed by atoms with van der Waals surface area (Å²) in [4.78, 5) is 1.95. The Bertz CT molecular complexity index is 505. The molecule has 0 saturated carbocycles. The molecular formula is C14H12ClFNY-. The molecule has 91 valence electrons.